The Morgan fingerprint density at radius 1 is 0.970 bits per heavy atom. The molecule has 2 aliphatic rings. The third-order valence-electron chi connectivity index (χ3n) is 6.53. The van der Waals surface area contributed by atoms with E-state index in [9.17, 15) is 9.59 Å². The summed E-state index contributed by atoms with van der Waals surface area (Å²) >= 11 is 6.30. The van der Waals surface area contributed by atoms with Gasteiger partial charge in [0.2, 0.25) is 5.91 Å². The number of hydroxylamine groups is 1. The van der Waals surface area contributed by atoms with E-state index in [2.05, 4.69) is 0 Å². The molecule has 2 aliphatic heterocycles. The first-order valence-electron chi connectivity index (χ1n) is 10.7. The van der Waals surface area contributed by atoms with E-state index in [0.717, 1.165) is 16.8 Å². The van der Waals surface area contributed by atoms with Gasteiger partial charge in [0.25, 0.3) is 5.91 Å². The molecular weight excluding hydrogens is 440 g/mol. The van der Waals surface area contributed by atoms with Crippen LogP contribution in [-0.4, -0.2) is 25.0 Å². The molecular formula is C26H23ClN2O4. The summed E-state index contributed by atoms with van der Waals surface area (Å²) in [4.78, 5) is 34.9. The van der Waals surface area contributed by atoms with Gasteiger partial charge in [0.05, 0.1) is 24.5 Å². The van der Waals surface area contributed by atoms with Crippen molar-refractivity contribution in [2.45, 2.75) is 26.0 Å². The fraction of sp³-hybridized carbons (Fsp3) is 0.231. The van der Waals surface area contributed by atoms with Crippen molar-refractivity contribution >= 4 is 34.8 Å². The number of ether oxygens (including phenoxy) is 1. The van der Waals surface area contributed by atoms with Crippen LogP contribution >= 0.6 is 11.6 Å². The van der Waals surface area contributed by atoms with Gasteiger partial charge in [-0.2, -0.15) is 0 Å². The van der Waals surface area contributed by atoms with Gasteiger partial charge in [-0.1, -0.05) is 48.0 Å². The van der Waals surface area contributed by atoms with Crippen LogP contribution in [0.4, 0.5) is 11.4 Å². The molecule has 0 aliphatic carbocycles. The molecule has 5 rings (SSSR count). The molecule has 0 aromatic heterocycles. The third-order valence-corrected chi connectivity index (χ3v) is 6.94. The predicted molar refractivity (Wildman–Crippen MR) is 126 cm³/mol. The molecule has 2 heterocycles. The van der Waals surface area contributed by atoms with Gasteiger partial charge in [-0.3, -0.25) is 14.4 Å². The summed E-state index contributed by atoms with van der Waals surface area (Å²) in [6.07, 6.45) is -0.975. The first-order chi connectivity index (χ1) is 15.9. The van der Waals surface area contributed by atoms with Gasteiger partial charge < -0.3 is 4.74 Å². The average molecular weight is 463 g/mol. The molecule has 0 spiro atoms. The number of imide groups is 1. The molecule has 6 nitrogen and oxygen atoms in total. The van der Waals surface area contributed by atoms with E-state index in [1.54, 1.807) is 37.3 Å². The maximum atomic E-state index is 13.9. The van der Waals surface area contributed by atoms with Gasteiger partial charge in [0, 0.05) is 5.02 Å². The van der Waals surface area contributed by atoms with Crippen molar-refractivity contribution in [3.05, 3.63) is 88.9 Å². The SMILES string of the molecule is COc1ccc([C@@H]2N(c3ccccc3)O[C@H]3C(=O)N(c4ccc(C)c(Cl)c4)C(=O)[C@@]23C)cc1. The van der Waals surface area contributed by atoms with Crippen LogP contribution in [0.5, 0.6) is 5.75 Å². The van der Waals surface area contributed by atoms with Crippen LogP contribution in [0.1, 0.15) is 24.1 Å². The minimum Gasteiger partial charge on any atom is -0.497 e. The lowest BCUT2D eigenvalue weighted by molar-refractivity contribution is -0.128. The quantitative estimate of drug-likeness (QED) is 0.505. The Morgan fingerprint density at radius 3 is 2.30 bits per heavy atom. The van der Waals surface area contributed by atoms with Crippen LogP contribution in [0.3, 0.4) is 0 Å². The summed E-state index contributed by atoms with van der Waals surface area (Å²) in [5.74, 6) is -0.0218. The summed E-state index contributed by atoms with van der Waals surface area (Å²) in [5, 5.41) is 2.18. The van der Waals surface area contributed by atoms with Gasteiger partial charge in [-0.15, -0.1) is 0 Å². The molecule has 2 saturated heterocycles. The fourth-order valence-electron chi connectivity index (χ4n) is 4.68. The van der Waals surface area contributed by atoms with Crippen molar-refractivity contribution in [2.75, 3.05) is 17.1 Å². The fourth-order valence-corrected chi connectivity index (χ4v) is 4.85. The summed E-state index contributed by atoms with van der Waals surface area (Å²) in [6.45, 7) is 3.67. The van der Waals surface area contributed by atoms with Gasteiger partial charge in [0.1, 0.15) is 11.2 Å². The van der Waals surface area contributed by atoms with Crippen LogP contribution in [0.2, 0.25) is 5.02 Å². The Bertz CT molecular complexity index is 1230. The van der Waals surface area contributed by atoms with E-state index in [4.69, 9.17) is 21.2 Å². The number of anilines is 2. The lowest BCUT2D eigenvalue weighted by Crippen LogP contribution is -2.41. The second-order valence-corrected chi connectivity index (χ2v) is 8.92. The molecule has 33 heavy (non-hydrogen) atoms. The van der Waals surface area contributed by atoms with Crippen molar-refractivity contribution in [3.8, 4) is 5.75 Å². The van der Waals surface area contributed by atoms with Crippen molar-refractivity contribution < 1.29 is 19.2 Å². The zero-order chi connectivity index (χ0) is 23.3. The minimum absolute atomic E-state index is 0.323. The van der Waals surface area contributed by atoms with Crippen LogP contribution in [0.25, 0.3) is 0 Å². The van der Waals surface area contributed by atoms with E-state index >= 15 is 0 Å². The molecule has 168 valence electrons. The summed E-state index contributed by atoms with van der Waals surface area (Å²) in [5.41, 5.74) is 1.76. The number of benzene rings is 3. The summed E-state index contributed by atoms with van der Waals surface area (Å²) in [7, 11) is 1.60. The van der Waals surface area contributed by atoms with Gasteiger partial charge >= 0.3 is 0 Å². The molecule has 0 bridgehead atoms. The molecule has 3 aromatic carbocycles. The largest absolute Gasteiger partial charge is 0.497 e. The molecule has 3 atom stereocenters. The number of halogens is 1. The second kappa shape index (κ2) is 7.90. The molecule has 0 unspecified atom stereocenters. The van der Waals surface area contributed by atoms with Gasteiger partial charge in [-0.25, -0.2) is 9.96 Å². The molecule has 0 N–H and O–H groups in total. The zero-order valence-corrected chi connectivity index (χ0v) is 19.2. The number of rotatable bonds is 4. The number of hydrogen-bond donors (Lipinski definition) is 0. The Morgan fingerprint density at radius 2 is 1.67 bits per heavy atom. The third kappa shape index (κ3) is 3.21. The molecule has 2 fully saturated rings. The minimum atomic E-state index is -1.15. The highest BCUT2D eigenvalue weighted by Gasteiger charge is 2.68. The molecule has 3 aromatic rings. The molecule has 7 heteroatoms. The highest BCUT2D eigenvalue weighted by atomic mass is 35.5. The van der Waals surface area contributed by atoms with Crippen LogP contribution in [0, 0.1) is 12.3 Å². The van der Waals surface area contributed by atoms with Crippen molar-refractivity contribution in [3.63, 3.8) is 0 Å². The standard InChI is InChI=1S/C26H23ClN2O4/c1-16-9-12-19(15-21(16)27)28-24(30)23-26(2,25(28)31)22(17-10-13-20(32-3)14-11-17)29(33-23)18-7-5-4-6-8-18/h4-15,22-23H,1-3H3/t22-,23-,26-/m0/s1. The molecule has 0 radical (unpaired) electrons. The molecule has 2 amide bonds. The number of carbonyl (C=O) groups excluding carboxylic acids is 2. The van der Waals surface area contributed by atoms with Gasteiger partial charge in [-0.05, 0) is 61.4 Å². The smallest absolute Gasteiger partial charge is 0.266 e. The number of methoxy groups -OCH3 is 1. The van der Waals surface area contributed by atoms with Crippen LogP contribution in [-0.2, 0) is 14.4 Å². The maximum Gasteiger partial charge on any atom is 0.266 e. The first kappa shape index (κ1) is 21.5. The lowest BCUT2D eigenvalue weighted by atomic mass is 9.76. The Balaban J connectivity index is 1.63. The van der Waals surface area contributed by atoms with E-state index in [-0.39, 0.29) is 5.91 Å². The molecule has 0 saturated carbocycles. The average Bonchev–Trinajstić information content (AvgIpc) is 3.24. The Hall–Kier alpha value is -3.35. The van der Waals surface area contributed by atoms with Gasteiger partial charge in [0.15, 0.2) is 6.10 Å². The topological polar surface area (TPSA) is 59.1 Å². The number of para-hydroxylation sites is 1. The number of hydrogen-bond acceptors (Lipinski definition) is 5. The number of carbonyl (C=O) groups is 2. The van der Waals surface area contributed by atoms with Crippen molar-refractivity contribution in [1.82, 2.24) is 0 Å². The summed E-state index contributed by atoms with van der Waals surface area (Å²) < 4.78 is 5.30. The van der Waals surface area contributed by atoms with E-state index < -0.39 is 23.5 Å². The highest BCUT2D eigenvalue weighted by Crippen LogP contribution is 2.55. The van der Waals surface area contributed by atoms with Crippen molar-refractivity contribution in [2.24, 2.45) is 5.41 Å². The summed E-state index contributed by atoms with van der Waals surface area (Å²) in [6, 6.07) is 21.6. The number of aryl methyl sites for hydroxylation is 1. The Labute approximate surface area is 197 Å². The zero-order valence-electron chi connectivity index (χ0n) is 18.5. The first-order valence-corrected chi connectivity index (χ1v) is 11.0. The van der Waals surface area contributed by atoms with E-state index in [1.165, 1.54) is 4.90 Å². The monoisotopic (exact) mass is 462 g/mol. The Kier molecular flexibility index (Phi) is 5.15. The van der Waals surface area contributed by atoms with Crippen LogP contribution in [0.15, 0.2) is 72.8 Å². The maximum absolute atomic E-state index is 13.9. The number of amides is 2. The number of nitrogens with zero attached hydrogens (tertiary/aromatic N) is 2. The predicted octanol–water partition coefficient (Wildman–Crippen LogP) is 5.10. The highest BCUT2D eigenvalue weighted by molar-refractivity contribution is 6.32. The number of fused-ring (bicyclic) bond motifs is 1. The lowest BCUT2D eigenvalue weighted by Gasteiger charge is -2.32. The van der Waals surface area contributed by atoms with E-state index in [0.29, 0.717) is 16.5 Å². The van der Waals surface area contributed by atoms with Crippen molar-refractivity contribution in [1.29, 1.82) is 0 Å². The van der Waals surface area contributed by atoms with Crippen LogP contribution < -0.4 is 14.7 Å². The normalized spacial score (nSPS) is 24.4. The van der Waals surface area contributed by atoms with E-state index in [1.807, 2.05) is 61.5 Å². The second-order valence-electron chi connectivity index (χ2n) is 8.52.